The largest absolute Gasteiger partial charge is 0.492 e. The normalized spacial score (nSPS) is 13.1. The molecule has 0 amide bonds. The molecule has 2 nitrogen and oxygen atoms in total. The number of alkyl halides is 3. The SMILES string of the molecule is CCc1cccc(OCC(C(N)=S)C(F)(F)F)c1. The minimum atomic E-state index is -4.48. The van der Waals surface area contributed by atoms with E-state index in [4.69, 9.17) is 10.5 Å². The summed E-state index contributed by atoms with van der Waals surface area (Å²) in [6, 6.07) is 6.92. The van der Waals surface area contributed by atoms with Crippen LogP contribution in [0.25, 0.3) is 0 Å². The molecule has 0 aromatic heterocycles. The molecule has 1 aromatic rings. The van der Waals surface area contributed by atoms with E-state index in [1.54, 1.807) is 18.2 Å². The fourth-order valence-corrected chi connectivity index (χ4v) is 1.57. The Morgan fingerprint density at radius 1 is 1.44 bits per heavy atom. The highest BCUT2D eigenvalue weighted by molar-refractivity contribution is 7.80. The fourth-order valence-electron chi connectivity index (χ4n) is 1.37. The molecule has 1 aromatic carbocycles. The van der Waals surface area contributed by atoms with Crippen molar-refractivity contribution in [1.29, 1.82) is 0 Å². The standard InChI is InChI=1S/C12H14F3NOS/c1-2-8-4-3-5-9(6-8)17-7-10(11(16)18)12(13,14)15/h3-6,10H,2,7H2,1H3,(H2,16,18). The van der Waals surface area contributed by atoms with Gasteiger partial charge in [0.05, 0.1) is 4.99 Å². The molecule has 1 atom stereocenters. The van der Waals surface area contributed by atoms with Gasteiger partial charge in [-0.25, -0.2) is 0 Å². The fraction of sp³-hybridized carbons (Fsp3) is 0.417. The summed E-state index contributed by atoms with van der Waals surface area (Å²) in [6.45, 7) is 1.36. The lowest BCUT2D eigenvalue weighted by Gasteiger charge is -2.19. The molecule has 0 aliphatic heterocycles. The van der Waals surface area contributed by atoms with E-state index in [0.29, 0.717) is 5.75 Å². The molecule has 100 valence electrons. The molecule has 18 heavy (non-hydrogen) atoms. The third kappa shape index (κ3) is 4.18. The van der Waals surface area contributed by atoms with Crippen molar-refractivity contribution < 1.29 is 17.9 Å². The van der Waals surface area contributed by atoms with Crippen LogP contribution >= 0.6 is 12.2 Å². The van der Waals surface area contributed by atoms with Crippen LogP contribution in [-0.2, 0) is 6.42 Å². The minimum absolute atomic E-state index is 0.389. The highest BCUT2D eigenvalue weighted by atomic mass is 32.1. The van der Waals surface area contributed by atoms with E-state index in [1.807, 2.05) is 13.0 Å². The summed E-state index contributed by atoms with van der Waals surface area (Å²) in [6.07, 6.45) is -3.69. The maximum Gasteiger partial charge on any atom is 0.401 e. The number of halogens is 3. The second-order valence-electron chi connectivity index (χ2n) is 3.81. The van der Waals surface area contributed by atoms with Gasteiger partial charge in [0.25, 0.3) is 0 Å². The molecule has 0 saturated heterocycles. The van der Waals surface area contributed by atoms with Gasteiger partial charge in [-0.2, -0.15) is 13.2 Å². The first-order chi connectivity index (χ1) is 8.34. The van der Waals surface area contributed by atoms with Crippen molar-refractivity contribution in [3.8, 4) is 5.75 Å². The third-order valence-electron chi connectivity index (χ3n) is 2.46. The van der Waals surface area contributed by atoms with Gasteiger partial charge < -0.3 is 10.5 Å². The van der Waals surface area contributed by atoms with E-state index in [1.165, 1.54) is 0 Å². The predicted molar refractivity (Wildman–Crippen MR) is 67.6 cm³/mol. The number of hydrogen-bond donors (Lipinski definition) is 1. The Labute approximate surface area is 109 Å². The Bertz CT molecular complexity index is 420. The monoisotopic (exact) mass is 277 g/mol. The summed E-state index contributed by atoms with van der Waals surface area (Å²) >= 11 is 4.41. The first-order valence-electron chi connectivity index (χ1n) is 5.42. The Morgan fingerprint density at radius 2 is 2.11 bits per heavy atom. The summed E-state index contributed by atoms with van der Waals surface area (Å²) in [4.78, 5) is -0.603. The van der Waals surface area contributed by atoms with Crippen LogP contribution in [0.3, 0.4) is 0 Å². The van der Waals surface area contributed by atoms with Gasteiger partial charge in [-0.3, -0.25) is 0 Å². The lowest BCUT2D eigenvalue weighted by molar-refractivity contribution is -0.161. The van der Waals surface area contributed by atoms with Crippen molar-refractivity contribution in [2.24, 2.45) is 11.7 Å². The molecule has 0 aliphatic carbocycles. The van der Waals surface area contributed by atoms with Crippen LogP contribution in [0.4, 0.5) is 13.2 Å². The molecule has 1 unspecified atom stereocenters. The van der Waals surface area contributed by atoms with Crippen molar-refractivity contribution in [1.82, 2.24) is 0 Å². The van der Waals surface area contributed by atoms with E-state index >= 15 is 0 Å². The zero-order valence-electron chi connectivity index (χ0n) is 9.83. The number of rotatable bonds is 5. The molecule has 0 bridgehead atoms. The van der Waals surface area contributed by atoms with Gasteiger partial charge in [-0.15, -0.1) is 0 Å². The number of hydrogen-bond acceptors (Lipinski definition) is 2. The second-order valence-corrected chi connectivity index (χ2v) is 4.28. The average molecular weight is 277 g/mol. The molecule has 0 aliphatic rings. The van der Waals surface area contributed by atoms with Crippen molar-refractivity contribution in [3.05, 3.63) is 29.8 Å². The van der Waals surface area contributed by atoms with Crippen molar-refractivity contribution in [3.63, 3.8) is 0 Å². The Morgan fingerprint density at radius 3 is 2.61 bits per heavy atom. The van der Waals surface area contributed by atoms with Gasteiger partial charge in [0.15, 0.2) is 0 Å². The number of aryl methyl sites for hydroxylation is 1. The van der Waals surface area contributed by atoms with Crippen molar-refractivity contribution in [2.45, 2.75) is 19.5 Å². The minimum Gasteiger partial charge on any atom is -0.492 e. The van der Waals surface area contributed by atoms with Crippen molar-refractivity contribution >= 4 is 17.2 Å². The predicted octanol–water partition coefficient (Wildman–Crippen LogP) is 3.09. The van der Waals surface area contributed by atoms with Crippen molar-refractivity contribution in [2.75, 3.05) is 6.61 Å². The van der Waals surface area contributed by atoms with E-state index < -0.39 is 23.7 Å². The average Bonchev–Trinajstić information content (AvgIpc) is 2.27. The molecule has 0 heterocycles. The van der Waals surface area contributed by atoms with Crippen LogP contribution in [0.15, 0.2) is 24.3 Å². The van der Waals surface area contributed by atoms with Gasteiger partial charge in [0, 0.05) is 0 Å². The summed E-state index contributed by atoms with van der Waals surface area (Å²) in [5, 5.41) is 0. The Kier molecular flexibility index (Phi) is 4.95. The zero-order chi connectivity index (χ0) is 13.8. The molecule has 0 fully saturated rings. The van der Waals surface area contributed by atoms with Crippen LogP contribution in [0, 0.1) is 5.92 Å². The molecule has 6 heteroatoms. The van der Waals surface area contributed by atoms with Crippen LogP contribution < -0.4 is 10.5 Å². The molecular formula is C12H14F3NOS. The maximum atomic E-state index is 12.6. The first-order valence-corrected chi connectivity index (χ1v) is 5.83. The highest BCUT2D eigenvalue weighted by Gasteiger charge is 2.42. The smallest absolute Gasteiger partial charge is 0.401 e. The number of thiocarbonyl (C=S) groups is 1. The van der Waals surface area contributed by atoms with Crippen LogP contribution in [0.5, 0.6) is 5.75 Å². The summed E-state index contributed by atoms with van der Waals surface area (Å²) in [5.41, 5.74) is 6.07. The Hall–Kier alpha value is -1.30. The lowest BCUT2D eigenvalue weighted by atomic mass is 10.1. The van der Waals surface area contributed by atoms with Gasteiger partial charge in [-0.05, 0) is 24.1 Å². The van der Waals surface area contributed by atoms with Crippen LogP contribution in [0.2, 0.25) is 0 Å². The second kappa shape index (κ2) is 6.04. The van der Waals surface area contributed by atoms with Gasteiger partial charge >= 0.3 is 6.18 Å². The Balaban J connectivity index is 2.70. The third-order valence-corrected chi connectivity index (χ3v) is 2.75. The molecule has 0 saturated carbocycles. The van der Waals surface area contributed by atoms with E-state index in [0.717, 1.165) is 12.0 Å². The molecule has 0 spiro atoms. The summed E-state index contributed by atoms with van der Waals surface area (Å²) < 4.78 is 42.8. The number of ether oxygens (including phenoxy) is 1. The highest BCUT2D eigenvalue weighted by Crippen LogP contribution is 2.27. The quantitative estimate of drug-likeness (QED) is 0.840. The lowest BCUT2D eigenvalue weighted by Crippen LogP contribution is -2.38. The molecule has 2 N–H and O–H groups in total. The topological polar surface area (TPSA) is 35.2 Å². The van der Waals surface area contributed by atoms with E-state index in [-0.39, 0.29) is 0 Å². The van der Waals surface area contributed by atoms with Crippen LogP contribution in [-0.4, -0.2) is 17.8 Å². The van der Waals surface area contributed by atoms with Gasteiger partial charge in [-0.1, -0.05) is 31.3 Å². The van der Waals surface area contributed by atoms with Gasteiger partial charge in [0.1, 0.15) is 18.3 Å². The summed E-state index contributed by atoms with van der Waals surface area (Å²) in [5.74, 6) is -1.53. The number of nitrogens with two attached hydrogens (primary N) is 1. The zero-order valence-corrected chi connectivity index (χ0v) is 10.6. The molecule has 1 rings (SSSR count). The molecular weight excluding hydrogens is 263 g/mol. The number of benzene rings is 1. The molecule has 0 radical (unpaired) electrons. The van der Waals surface area contributed by atoms with Gasteiger partial charge in [0.2, 0.25) is 0 Å². The van der Waals surface area contributed by atoms with Crippen LogP contribution in [0.1, 0.15) is 12.5 Å². The first kappa shape index (κ1) is 14.8. The van der Waals surface area contributed by atoms with E-state index in [2.05, 4.69) is 12.2 Å². The summed E-state index contributed by atoms with van der Waals surface area (Å²) in [7, 11) is 0. The maximum absolute atomic E-state index is 12.6. The van der Waals surface area contributed by atoms with E-state index in [9.17, 15) is 13.2 Å².